The molecule has 0 saturated carbocycles. The van der Waals surface area contributed by atoms with Crippen LogP contribution in [0.5, 0.6) is 5.75 Å². The lowest BCUT2D eigenvalue weighted by atomic mass is 9.94. The van der Waals surface area contributed by atoms with E-state index in [1.807, 2.05) is 16.3 Å². The minimum atomic E-state index is -4.60. The van der Waals surface area contributed by atoms with Crippen molar-refractivity contribution in [3.05, 3.63) is 102 Å². The van der Waals surface area contributed by atoms with Crippen molar-refractivity contribution < 1.29 is 36.3 Å². The van der Waals surface area contributed by atoms with Crippen molar-refractivity contribution in [2.24, 2.45) is 5.92 Å². The third-order valence-corrected chi connectivity index (χ3v) is 11.9. The number of imidazole rings is 1. The minimum Gasteiger partial charge on any atom is -0.494 e. The zero-order chi connectivity index (χ0) is 39.2. The Hall–Kier alpha value is -4.98. The highest BCUT2D eigenvalue weighted by molar-refractivity contribution is 8.00. The molecule has 8 nitrogen and oxygen atoms in total. The van der Waals surface area contributed by atoms with Gasteiger partial charge in [-0.2, -0.15) is 24.9 Å². The van der Waals surface area contributed by atoms with Crippen molar-refractivity contribution in [2.45, 2.75) is 75.4 Å². The lowest BCUT2D eigenvalue weighted by Crippen LogP contribution is -2.29. The van der Waals surface area contributed by atoms with E-state index in [0.29, 0.717) is 66.5 Å². The average Bonchev–Trinajstić information content (AvgIpc) is 3.88. The molecule has 4 aliphatic heterocycles. The summed E-state index contributed by atoms with van der Waals surface area (Å²) in [7, 11) is 0. The van der Waals surface area contributed by atoms with Gasteiger partial charge >= 0.3 is 6.18 Å². The smallest absolute Gasteiger partial charge is 0.417 e. The standard InChI is InChI=1S/C42H42F5N5O3S/c43-33-8-6-7-30(40(33)44)41-50-34-17-19-52(24-35(34)51-41)23-26-11-13-27(14-12-26)29-16-15-28(21-32(29)42(45,46)47)55-20-5-1-4-18-48-38(53)10-3-2-9-37-31-22-39(54)49-36(31)25-56-37/h6-8,11-17,19,21,24,31,36-37H,1-5,9-10,18,20,22-23,25H2,(H,48,53)(H,49,54)/t31-,36-,37-/m1/s1. The largest absolute Gasteiger partial charge is 0.494 e. The molecule has 56 heavy (non-hydrogen) atoms. The first kappa shape index (κ1) is 39.3. The number of unbranched alkanes of at least 4 members (excludes halogenated alkanes) is 3. The fraction of sp³-hybridized carbons (Fsp3) is 0.381. The van der Waals surface area contributed by atoms with Crippen molar-refractivity contribution in [1.29, 1.82) is 0 Å². The van der Waals surface area contributed by atoms with Crippen LogP contribution in [-0.2, 0) is 22.3 Å². The Morgan fingerprint density at radius 3 is 2.59 bits per heavy atom. The molecule has 0 aliphatic carbocycles. The molecule has 2 saturated heterocycles. The number of alkyl halides is 3. The molecule has 7 rings (SSSR count). The number of benzene rings is 3. The summed E-state index contributed by atoms with van der Waals surface area (Å²) in [6.07, 6.45) is 4.92. The molecule has 0 radical (unpaired) electrons. The van der Waals surface area contributed by atoms with Crippen LogP contribution in [0.1, 0.15) is 62.5 Å². The Morgan fingerprint density at radius 1 is 0.946 bits per heavy atom. The number of pyridine rings is 1. The number of ether oxygens (including phenoxy) is 1. The second kappa shape index (κ2) is 17.4. The van der Waals surface area contributed by atoms with Crippen LogP contribution in [0.25, 0.3) is 33.9 Å². The maximum absolute atomic E-state index is 14.3. The first-order valence-electron chi connectivity index (χ1n) is 18.9. The van der Waals surface area contributed by atoms with Crippen molar-refractivity contribution in [2.75, 3.05) is 18.9 Å². The van der Waals surface area contributed by atoms with E-state index in [1.54, 1.807) is 48.8 Å². The van der Waals surface area contributed by atoms with Crippen molar-refractivity contribution in [3.8, 4) is 39.7 Å². The van der Waals surface area contributed by atoms with Gasteiger partial charge in [-0.15, -0.1) is 0 Å². The molecule has 4 aliphatic rings. The minimum absolute atomic E-state index is 0.0214. The van der Waals surface area contributed by atoms with Gasteiger partial charge in [-0.05, 0) is 79.1 Å². The number of nitrogens with one attached hydrogen (secondary N) is 2. The van der Waals surface area contributed by atoms with Gasteiger partial charge in [0.25, 0.3) is 0 Å². The normalized spacial score (nSPS) is 17.9. The Bertz CT molecular complexity index is 2120. The zero-order valence-corrected chi connectivity index (χ0v) is 31.4. The molecule has 14 heteroatoms. The number of aromatic nitrogens is 3. The number of thioether (sulfide) groups is 1. The molecule has 3 atom stereocenters. The fourth-order valence-corrected chi connectivity index (χ4v) is 9.07. The summed E-state index contributed by atoms with van der Waals surface area (Å²) in [4.78, 5) is 32.6. The topological polar surface area (TPSA) is 98.1 Å². The van der Waals surface area contributed by atoms with Crippen LogP contribution in [0.15, 0.2) is 79.1 Å². The summed E-state index contributed by atoms with van der Waals surface area (Å²) in [5.41, 5.74) is 1.45. The summed E-state index contributed by atoms with van der Waals surface area (Å²) in [5, 5.41) is 6.49. The van der Waals surface area contributed by atoms with E-state index < -0.39 is 23.4 Å². The molecule has 2 N–H and O–H groups in total. The van der Waals surface area contributed by atoms with Crippen molar-refractivity contribution in [3.63, 3.8) is 0 Å². The van der Waals surface area contributed by atoms with Crippen LogP contribution in [0.2, 0.25) is 0 Å². The summed E-state index contributed by atoms with van der Waals surface area (Å²) < 4.78 is 78.2. The van der Waals surface area contributed by atoms with Gasteiger partial charge in [0.05, 0.1) is 23.4 Å². The number of fused-ring (bicyclic) bond motifs is 2. The molecule has 294 valence electrons. The molecular formula is C42H42F5N5O3S. The van der Waals surface area contributed by atoms with Gasteiger partial charge in [-0.3, -0.25) is 9.59 Å². The van der Waals surface area contributed by atoms with E-state index >= 15 is 0 Å². The van der Waals surface area contributed by atoms with Crippen molar-refractivity contribution >= 4 is 23.6 Å². The van der Waals surface area contributed by atoms with Gasteiger partial charge in [0.15, 0.2) is 17.5 Å². The number of hydrogen-bond acceptors (Lipinski definition) is 6. The summed E-state index contributed by atoms with van der Waals surface area (Å²) in [5.74, 6) is -0.210. The lowest BCUT2D eigenvalue weighted by Gasteiger charge is -2.16. The van der Waals surface area contributed by atoms with E-state index in [-0.39, 0.29) is 41.1 Å². The van der Waals surface area contributed by atoms with Gasteiger partial charge < -0.3 is 19.9 Å². The number of carbonyl (C=O) groups is 2. The van der Waals surface area contributed by atoms with Crippen LogP contribution in [0.4, 0.5) is 22.0 Å². The Balaban J connectivity index is 0.847. The van der Waals surface area contributed by atoms with Gasteiger partial charge in [0.1, 0.15) is 11.4 Å². The Kier molecular flexibility index (Phi) is 12.2. The number of halogens is 5. The van der Waals surface area contributed by atoms with Crippen LogP contribution >= 0.6 is 11.8 Å². The Labute approximate surface area is 326 Å². The van der Waals surface area contributed by atoms with E-state index in [2.05, 4.69) is 20.6 Å². The number of carbonyl (C=O) groups excluding carboxylic acids is 2. The highest BCUT2D eigenvalue weighted by Crippen LogP contribution is 2.41. The zero-order valence-electron chi connectivity index (χ0n) is 30.6. The van der Waals surface area contributed by atoms with Crippen LogP contribution in [0.3, 0.4) is 0 Å². The molecule has 2 fully saturated rings. The molecule has 3 aromatic rings. The highest BCUT2D eigenvalue weighted by Gasteiger charge is 2.42. The predicted octanol–water partition coefficient (Wildman–Crippen LogP) is 8.91. The Morgan fingerprint density at radius 2 is 1.77 bits per heavy atom. The number of hydrogen-bond donors (Lipinski definition) is 2. The maximum Gasteiger partial charge on any atom is 0.417 e. The maximum atomic E-state index is 14.3. The summed E-state index contributed by atoms with van der Waals surface area (Å²) in [6, 6.07) is 16.7. The predicted molar refractivity (Wildman–Crippen MR) is 205 cm³/mol. The first-order chi connectivity index (χ1) is 27.0. The molecular weight excluding hydrogens is 750 g/mol. The van der Waals surface area contributed by atoms with Crippen LogP contribution < -0.4 is 15.4 Å². The number of amides is 2. The molecule has 0 bridgehead atoms. The third kappa shape index (κ3) is 9.51. The fourth-order valence-electron chi connectivity index (χ4n) is 7.42. The SMILES string of the molecule is O=C(CCCC[C@H]1SC[C@H]2NC(=O)C[C@H]21)NCCCCCOc1ccc(-c2ccc(Cn3ccc4nc(-c5cccc(F)c5F)nc-4c3)cc2)c(C(F)(F)F)c1. The van der Waals surface area contributed by atoms with Gasteiger partial charge in [0, 0.05) is 61.3 Å². The van der Waals surface area contributed by atoms with E-state index in [0.717, 1.165) is 55.6 Å². The van der Waals surface area contributed by atoms with Crippen LogP contribution in [0, 0.1) is 17.6 Å². The van der Waals surface area contributed by atoms with Gasteiger partial charge in [0.2, 0.25) is 11.8 Å². The lowest BCUT2D eigenvalue weighted by molar-refractivity contribution is -0.137. The first-order valence-corrected chi connectivity index (χ1v) is 20.0. The molecule has 4 heterocycles. The summed E-state index contributed by atoms with van der Waals surface area (Å²) >= 11 is 1.93. The van der Waals surface area contributed by atoms with E-state index in [4.69, 9.17) is 4.74 Å². The van der Waals surface area contributed by atoms with E-state index in [1.165, 1.54) is 18.2 Å². The molecule has 0 aromatic heterocycles. The molecule has 2 amide bonds. The van der Waals surface area contributed by atoms with Gasteiger partial charge in [-0.25, -0.2) is 18.7 Å². The molecule has 3 aromatic carbocycles. The van der Waals surface area contributed by atoms with Crippen molar-refractivity contribution in [1.82, 2.24) is 25.2 Å². The average molecular weight is 792 g/mol. The van der Waals surface area contributed by atoms with Gasteiger partial charge in [-0.1, -0.05) is 42.8 Å². The monoisotopic (exact) mass is 791 g/mol. The number of rotatable bonds is 16. The second-order valence-corrected chi connectivity index (χ2v) is 15.6. The second-order valence-electron chi connectivity index (χ2n) is 14.4. The summed E-state index contributed by atoms with van der Waals surface area (Å²) in [6.45, 7) is 1.19. The van der Waals surface area contributed by atoms with Crippen LogP contribution in [-0.4, -0.2) is 56.5 Å². The third-order valence-electron chi connectivity index (χ3n) is 10.4. The molecule has 0 spiro atoms. The number of nitrogens with zero attached hydrogens (tertiary/aromatic N) is 3. The highest BCUT2D eigenvalue weighted by atomic mass is 32.2. The quantitative estimate of drug-likeness (QED) is 0.0766. The molecule has 0 unspecified atom stereocenters. The van der Waals surface area contributed by atoms with E-state index in [9.17, 15) is 31.5 Å².